The minimum absolute atomic E-state index is 0.0462. The van der Waals surface area contributed by atoms with Crippen LogP contribution in [0.1, 0.15) is 26.2 Å². The maximum Gasteiger partial charge on any atom is 0.333 e. The molecular formula is C21H32O11. The Balaban J connectivity index is 2.50. The van der Waals surface area contributed by atoms with Crippen molar-refractivity contribution in [2.75, 3.05) is 20.3 Å². The van der Waals surface area contributed by atoms with Crippen LogP contribution in [0.2, 0.25) is 0 Å². The number of aliphatic hydroxyl groups is 5. The van der Waals surface area contributed by atoms with E-state index in [-0.39, 0.29) is 18.4 Å². The third kappa shape index (κ3) is 4.46. The van der Waals surface area contributed by atoms with Crippen molar-refractivity contribution in [3.05, 3.63) is 24.3 Å². The highest BCUT2D eigenvalue weighted by Crippen LogP contribution is 2.45. The molecule has 0 saturated carbocycles. The lowest BCUT2D eigenvalue weighted by atomic mass is 9.73. The van der Waals surface area contributed by atoms with E-state index in [0.717, 1.165) is 0 Å². The summed E-state index contributed by atoms with van der Waals surface area (Å²) in [6.45, 7) is 3.53. The average molecular weight is 460 g/mol. The average Bonchev–Trinajstić information content (AvgIpc) is 2.78. The first-order chi connectivity index (χ1) is 15.0. The molecule has 1 fully saturated rings. The molecule has 0 aromatic heterocycles. The van der Waals surface area contributed by atoms with Gasteiger partial charge >= 0.3 is 11.9 Å². The van der Waals surface area contributed by atoms with Crippen LogP contribution in [0.4, 0.5) is 0 Å². The molecule has 6 N–H and O–H groups in total. The number of carbonyl (C=O) groups is 2. The molecule has 32 heavy (non-hydrogen) atoms. The molecule has 11 nitrogen and oxygen atoms in total. The van der Waals surface area contributed by atoms with Crippen molar-refractivity contribution < 1.29 is 54.4 Å². The van der Waals surface area contributed by atoms with Crippen molar-refractivity contribution in [3.8, 4) is 0 Å². The Morgan fingerprint density at radius 2 is 2.00 bits per heavy atom. The van der Waals surface area contributed by atoms with Crippen LogP contribution in [0, 0.1) is 11.8 Å². The second kappa shape index (κ2) is 10.4. The van der Waals surface area contributed by atoms with E-state index >= 15 is 0 Å². The number of hydrogen-bond donors (Lipinski definition) is 6. The summed E-state index contributed by atoms with van der Waals surface area (Å²) >= 11 is 0. The van der Waals surface area contributed by atoms with Gasteiger partial charge in [0.15, 0.2) is 0 Å². The molecule has 0 amide bonds. The monoisotopic (exact) mass is 460 g/mol. The lowest BCUT2D eigenvalue weighted by Crippen LogP contribution is -2.75. The van der Waals surface area contributed by atoms with Gasteiger partial charge in [-0.25, -0.2) is 4.79 Å². The van der Waals surface area contributed by atoms with Crippen LogP contribution in [0.5, 0.6) is 0 Å². The van der Waals surface area contributed by atoms with Gasteiger partial charge in [0.1, 0.15) is 30.5 Å². The molecule has 0 radical (unpaired) electrons. The normalized spacial score (nSPS) is 39.8. The Morgan fingerprint density at radius 3 is 2.47 bits per heavy atom. The van der Waals surface area contributed by atoms with Crippen LogP contribution < -0.4 is 0 Å². The van der Waals surface area contributed by atoms with E-state index in [4.69, 9.17) is 14.2 Å². The van der Waals surface area contributed by atoms with Crippen LogP contribution in [-0.4, -0.2) is 98.7 Å². The Labute approximate surface area is 185 Å². The first-order valence-electron chi connectivity index (χ1n) is 10.3. The van der Waals surface area contributed by atoms with Crippen LogP contribution in [0.25, 0.3) is 0 Å². The summed E-state index contributed by atoms with van der Waals surface area (Å²) in [4.78, 5) is 23.7. The van der Waals surface area contributed by atoms with E-state index in [1.54, 1.807) is 0 Å². The predicted octanol–water partition coefficient (Wildman–Crippen LogP) is -1.29. The van der Waals surface area contributed by atoms with Crippen LogP contribution in [0.15, 0.2) is 24.3 Å². The maximum atomic E-state index is 12.2. The minimum Gasteiger partial charge on any atom is -0.481 e. The Morgan fingerprint density at radius 1 is 1.34 bits per heavy atom. The second-order valence-corrected chi connectivity index (χ2v) is 8.02. The van der Waals surface area contributed by atoms with Gasteiger partial charge in [0.25, 0.3) is 0 Å². The second-order valence-electron chi connectivity index (χ2n) is 8.02. The summed E-state index contributed by atoms with van der Waals surface area (Å²) in [5.74, 6) is -5.78. The molecule has 0 aromatic carbocycles. The zero-order chi connectivity index (χ0) is 24.3. The fraction of sp³-hybridized carbons (Fsp3) is 0.714. The molecule has 11 heteroatoms. The lowest BCUT2D eigenvalue weighted by molar-refractivity contribution is -0.420. The molecule has 0 unspecified atom stereocenters. The minimum atomic E-state index is -2.27. The van der Waals surface area contributed by atoms with Crippen molar-refractivity contribution >= 4 is 11.9 Å². The number of esters is 1. The van der Waals surface area contributed by atoms with Crippen molar-refractivity contribution in [2.24, 2.45) is 11.8 Å². The number of rotatable bonds is 9. The highest BCUT2D eigenvalue weighted by molar-refractivity contribution is 5.90. The van der Waals surface area contributed by atoms with Gasteiger partial charge in [-0.15, -0.1) is 6.58 Å². The maximum absolute atomic E-state index is 12.2. The summed E-state index contributed by atoms with van der Waals surface area (Å²) in [5, 5.41) is 61.1. The van der Waals surface area contributed by atoms with Crippen molar-refractivity contribution in [3.63, 3.8) is 0 Å². The fourth-order valence-electron chi connectivity index (χ4n) is 4.58. The van der Waals surface area contributed by atoms with Crippen LogP contribution in [0.3, 0.4) is 0 Å². The van der Waals surface area contributed by atoms with Gasteiger partial charge in [-0.2, -0.15) is 0 Å². The Bertz CT molecular complexity index is 737. The molecule has 0 spiro atoms. The molecule has 1 aliphatic heterocycles. The van der Waals surface area contributed by atoms with Crippen LogP contribution in [-0.2, 0) is 23.8 Å². The number of carboxylic acids is 1. The SMILES string of the molecule is C=C[C@@H]1[C@H](CC(=O)O)C(C(=O)OC)=CC[C@H]1O[C@]1(CO)O[C@H](CO)[C@@H](O)[C@H](O)[C@]1(O)CC. The van der Waals surface area contributed by atoms with Crippen molar-refractivity contribution in [2.45, 2.75) is 62.0 Å². The highest BCUT2D eigenvalue weighted by atomic mass is 16.7. The number of aliphatic carboxylic acids is 1. The molecule has 0 bridgehead atoms. The zero-order valence-corrected chi connectivity index (χ0v) is 18.1. The molecule has 1 aliphatic carbocycles. The highest BCUT2D eigenvalue weighted by Gasteiger charge is 2.64. The van der Waals surface area contributed by atoms with E-state index in [9.17, 15) is 40.2 Å². The topological polar surface area (TPSA) is 183 Å². The van der Waals surface area contributed by atoms with Gasteiger partial charge in [0.2, 0.25) is 5.79 Å². The summed E-state index contributed by atoms with van der Waals surface area (Å²) in [6.07, 6.45) is -3.51. The first-order valence-corrected chi connectivity index (χ1v) is 10.3. The fourth-order valence-corrected chi connectivity index (χ4v) is 4.58. The number of hydrogen-bond acceptors (Lipinski definition) is 10. The summed E-state index contributed by atoms with van der Waals surface area (Å²) in [7, 11) is 1.17. The Hall–Kier alpha value is -1.86. The molecule has 1 saturated heterocycles. The van der Waals surface area contributed by atoms with Gasteiger partial charge in [-0.1, -0.05) is 19.1 Å². The Kier molecular flexibility index (Phi) is 8.56. The predicted molar refractivity (Wildman–Crippen MR) is 108 cm³/mol. The molecule has 8 atom stereocenters. The van der Waals surface area contributed by atoms with Crippen molar-refractivity contribution in [1.82, 2.24) is 0 Å². The van der Waals surface area contributed by atoms with Crippen LogP contribution >= 0.6 is 0 Å². The third-order valence-corrected chi connectivity index (χ3v) is 6.42. The molecule has 2 rings (SSSR count). The first kappa shape index (κ1) is 26.4. The van der Waals surface area contributed by atoms with E-state index < -0.39 is 79.2 Å². The third-order valence-electron chi connectivity index (χ3n) is 6.42. The van der Waals surface area contributed by atoms with Gasteiger partial charge in [0.05, 0.1) is 26.2 Å². The van der Waals surface area contributed by atoms with Gasteiger partial charge < -0.3 is 44.8 Å². The van der Waals surface area contributed by atoms with E-state index in [1.807, 2.05) is 0 Å². The molecule has 2 aliphatic rings. The molecule has 0 aromatic rings. The summed E-state index contributed by atoms with van der Waals surface area (Å²) in [5.41, 5.74) is -2.13. The van der Waals surface area contributed by atoms with Gasteiger partial charge in [-0.3, -0.25) is 4.79 Å². The number of carbonyl (C=O) groups excluding carboxylic acids is 1. The van der Waals surface area contributed by atoms with E-state index in [2.05, 4.69) is 6.58 Å². The molecule has 182 valence electrons. The summed E-state index contributed by atoms with van der Waals surface area (Å²) < 4.78 is 16.4. The quantitative estimate of drug-likeness (QED) is 0.178. The van der Waals surface area contributed by atoms with Gasteiger partial charge in [0, 0.05) is 17.4 Å². The molecule has 1 heterocycles. The largest absolute Gasteiger partial charge is 0.481 e. The zero-order valence-electron chi connectivity index (χ0n) is 18.1. The van der Waals surface area contributed by atoms with E-state index in [1.165, 1.54) is 26.2 Å². The number of ether oxygens (including phenoxy) is 3. The van der Waals surface area contributed by atoms with E-state index in [0.29, 0.717) is 0 Å². The summed E-state index contributed by atoms with van der Waals surface area (Å²) in [6, 6.07) is 0. The number of carboxylic acid groups (broad SMARTS) is 1. The molecular weight excluding hydrogens is 428 g/mol. The number of methoxy groups -OCH3 is 1. The smallest absolute Gasteiger partial charge is 0.333 e. The van der Waals surface area contributed by atoms with Gasteiger partial charge in [-0.05, 0) is 12.8 Å². The lowest BCUT2D eigenvalue weighted by Gasteiger charge is -2.56. The standard InChI is InChI=1S/C21H32O11/c1-4-11-13(8-16(24)25)12(19(28)30-3)6-7-14(11)31-21(10-23)20(29,5-2)18(27)17(26)15(9-22)32-21/h4,6,11,13-15,17-18,22-23,26-27,29H,1,5,7-10H2,2-3H3,(H,24,25)/t11-,13+,14-,15-,17-,18+,20-,21-/m1/s1. The van der Waals surface area contributed by atoms with Crippen molar-refractivity contribution in [1.29, 1.82) is 0 Å². The number of aliphatic hydroxyl groups excluding tert-OH is 4.